The lowest BCUT2D eigenvalue weighted by atomic mass is 9.65. The molecule has 0 aromatic heterocycles. The summed E-state index contributed by atoms with van der Waals surface area (Å²) >= 11 is 2.89. The van der Waals surface area contributed by atoms with Crippen LogP contribution in [0, 0.1) is 0 Å². The molecule has 204 valence electrons. The number of benzene rings is 2. The predicted molar refractivity (Wildman–Crippen MR) is 168 cm³/mol. The van der Waals surface area contributed by atoms with Gasteiger partial charge in [-0.25, -0.2) is 0 Å². The van der Waals surface area contributed by atoms with Crippen molar-refractivity contribution in [1.82, 2.24) is 0 Å². The van der Waals surface area contributed by atoms with Crippen LogP contribution in [0.2, 0.25) is 5.28 Å². The van der Waals surface area contributed by atoms with Gasteiger partial charge in [0, 0.05) is 5.92 Å². The fraction of sp³-hybridized carbons (Fsp3) is 0.667. The third kappa shape index (κ3) is 8.48. The zero-order valence-corrected chi connectivity index (χ0v) is 27.7. The maximum atomic E-state index is 2.89. The zero-order chi connectivity index (χ0) is 28.2. The van der Waals surface area contributed by atoms with Gasteiger partial charge in [-0.1, -0.05) is 152 Å². The molecule has 0 atom stereocenters. The van der Waals surface area contributed by atoms with Gasteiger partial charge in [0.15, 0.2) is 0 Å². The molecule has 1 heteroatoms. The van der Waals surface area contributed by atoms with Crippen LogP contribution in [0.1, 0.15) is 161 Å². The molecule has 0 heterocycles. The highest BCUT2D eigenvalue weighted by Crippen LogP contribution is 2.48. The van der Waals surface area contributed by atoms with Gasteiger partial charge in [0.25, 0.3) is 0 Å². The van der Waals surface area contributed by atoms with Crippen molar-refractivity contribution in [3.63, 3.8) is 0 Å². The van der Waals surface area contributed by atoms with E-state index in [4.69, 9.17) is 0 Å². The van der Waals surface area contributed by atoms with E-state index in [1.807, 2.05) is 0 Å². The highest BCUT2D eigenvalue weighted by atomic mass is 27.0. The maximum absolute atomic E-state index is 2.89. The maximum Gasteiger partial charge on any atom is 0.118 e. The van der Waals surface area contributed by atoms with E-state index >= 15 is 0 Å². The first kappa shape index (κ1) is 32.2. The molecule has 0 spiro atoms. The summed E-state index contributed by atoms with van der Waals surface area (Å²) in [6.07, 6.45) is 7.86. The SMILES string of the molecule is CC(C)(C)c1cccc(C(C)(C)C)c1C(CCCCCC[CH2][Al])c1c(C(C)(C)C)cccc1C(C)(C)C. The van der Waals surface area contributed by atoms with Crippen LogP contribution >= 0.6 is 0 Å². The second-order valence-corrected chi connectivity index (χ2v) is 16.0. The summed E-state index contributed by atoms with van der Waals surface area (Å²) in [4.78, 5) is 0. The lowest BCUT2D eigenvalue weighted by molar-refractivity contribution is 0.504. The van der Waals surface area contributed by atoms with Gasteiger partial charge >= 0.3 is 0 Å². The minimum atomic E-state index is 0.0895. The highest BCUT2D eigenvalue weighted by molar-refractivity contribution is 6.08. The molecule has 0 N–H and O–H groups in total. The van der Waals surface area contributed by atoms with Crippen molar-refractivity contribution in [2.45, 2.75) is 154 Å². The molecule has 0 aliphatic rings. The Morgan fingerprint density at radius 1 is 0.486 bits per heavy atom. The summed E-state index contributed by atoms with van der Waals surface area (Å²) in [5.74, 6) is 0.399. The van der Waals surface area contributed by atoms with Crippen molar-refractivity contribution in [3.8, 4) is 0 Å². The summed E-state index contributed by atoms with van der Waals surface area (Å²) < 4.78 is 0. The Bertz CT molecular complexity index is 859. The minimum Gasteiger partial charge on any atom is -0.118 e. The summed E-state index contributed by atoms with van der Waals surface area (Å²) in [5.41, 5.74) is 9.67. The van der Waals surface area contributed by atoms with Crippen LogP contribution in [0.5, 0.6) is 0 Å². The molecule has 2 aromatic carbocycles. The van der Waals surface area contributed by atoms with E-state index in [0.29, 0.717) is 5.92 Å². The summed E-state index contributed by atoms with van der Waals surface area (Å²) in [6.45, 7) is 28.8. The average Bonchev–Trinajstić information content (AvgIpc) is 2.75. The molecule has 37 heavy (non-hydrogen) atoms. The van der Waals surface area contributed by atoms with Crippen LogP contribution in [0.15, 0.2) is 36.4 Å². The largest absolute Gasteiger partial charge is 0.118 e. The van der Waals surface area contributed by atoms with Crippen LogP contribution in [-0.4, -0.2) is 16.3 Å². The number of hydrogen-bond acceptors (Lipinski definition) is 0. The van der Waals surface area contributed by atoms with E-state index in [1.54, 1.807) is 11.1 Å². The molecule has 2 radical (unpaired) electrons. The standard InChI is InChI=1S/C36H57.Al/c1-14-15-16-17-18-21-26(31-27(33(2,3)4)22-19-23-28(31)34(5,6)7)32-29(35(8,9)10)24-20-25-30(32)36(11,12)13;/h19-20,22-26H,1,14-18,21H2,2-13H3;. The van der Waals surface area contributed by atoms with Gasteiger partial charge in [0.05, 0.1) is 0 Å². The summed E-state index contributed by atoms with van der Waals surface area (Å²) in [7, 11) is 0. The molecule has 2 aromatic rings. The fourth-order valence-electron chi connectivity index (χ4n) is 5.95. The zero-order valence-electron chi connectivity index (χ0n) is 26.6. The highest BCUT2D eigenvalue weighted by Gasteiger charge is 2.35. The first-order valence-corrected chi connectivity index (χ1v) is 15.7. The Labute approximate surface area is 239 Å². The average molecular weight is 517 g/mol. The van der Waals surface area contributed by atoms with Crippen molar-refractivity contribution in [2.24, 2.45) is 0 Å². The lowest BCUT2D eigenvalue weighted by Gasteiger charge is -2.39. The van der Waals surface area contributed by atoms with E-state index in [0.717, 1.165) is 0 Å². The van der Waals surface area contributed by atoms with Crippen molar-refractivity contribution < 1.29 is 0 Å². The first-order valence-electron chi connectivity index (χ1n) is 14.9. The molecule has 2 rings (SSSR count). The van der Waals surface area contributed by atoms with Crippen LogP contribution in [0.3, 0.4) is 0 Å². The summed E-state index contributed by atoms with van der Waals surface area (Å²) in [6, 6.07) is 14.3. The predicted octanol–water partition coefficient (Wildman–Crippen LogP) is 10.9. The summed E-state index contributed by atoms with van der Waals surface area (Å²) in [5, 5.41) is 1.23. The molecule has 0 nitrogen and oxygen atoms in total. The van der Waals surface area contributed by atoms with Crippen LogP contribution in [0.4, 0.5) is 0 Å². The van der Waals surface area contributed by atoms with Crippen LogP contribution in [-0.2, 0) is 21.7 Å². The fourth-order valence-corrected chi connectivity index (χ4v) is 6.24. The Morgan fingerprint density at radius 3 is 1.08 bits per heavy atom. The number of hydrogen-bond donors (Lipinski definition) is 0. The third-order valence-corrected chi connectivity index (χ3v) is 8.25. The molecular formula is C36H57Al. The second-order valence-electron chi connectivity index (χ2n) is 15.4. The van der Waals surface area contributed by atoms with Crippen molar-refractivity contribution in [3.05, 3.63) is 69.8 Å². The third-order valence-electron chi connectivity index (χ3n) is 7.84. The Kier molecular flexibility index (Phi) is 10.8. The van der Waals surface area contributed by atoms with Crippen molar-refractivity contribution in [1.29, 1.82) is 0 Å². The van der Waals surface area contributed by atoms with Crippen molar-refractivity contribution in [2.75, 3.05) is 0 Å². The molecular weight excluding hydrogens is 459 g/mol. The van der Waals surface area contributed by atoms with Gasteiger partial charge in [0.1, 0.15) is 16.3 Å². The normalized spacial score (nSPS) is 13.4. The second kappa shape index (κ2) is 12.4. The van der Waals surface area contributed by atoms with Gasteiger partial charge in [-0.15, -0.1) is 5.28 Å². The van der Waals surface area contributed by atoms with Crippen molar-refractivity contribution >= 4 is 16.3 Å². The van der Waals surface area contributed by atoms with Gasteiger partial charge in [0.2, 0.25) is 0 Å². The van der Waals surface area contributed by atoms with Gasteiger partial charge in [-0.3, -0.25) is 0 Å². The van der Waals surface area contributed by atoms with E-state index in [9.17, 15) is 0 Å². The molecule has 0 aliphatic carbocycles. The molecule has 0 amide bonds. The van der Waals surface area contributed by atoms with Gasteiger partial charge in [-0.2, -0.15) is 0 Å². The molecule has 0 saturated heterocycles. The van der Waals surface area contributed by atoms with E-state index in [2.05, 4.69) is 136 Å². The van der Waals surface area contributed by atoms with E-state index in [1.165, 1.54) is 66.1 Å². The number of unbranched alkanes of at least 4 members (excludes halogenated alkanes) is 4. The number of rotatable bonds is 9. The first-order chi connectivity index (χ1) is 16.9. The Hall–Kier alpha value is -1.03. The van der Waals surface area contributed by atoms with Crippen LogP contribution in [0.25, 0.3) is 0 Å². The molecule has 0 unspecified atom stereocenters. The quantitative estimate of drug-likeness (QED) is 0.230. The topological polar surface area (TPSA) is 0 Å². The molecule has 0 bridgehead atoms. The van der Waals surface area contributed by atoms with Gasteiger partial charge in [-0.05, 0) is 61.5 Å². The molecule has 0 saturated carbocycles. The molecule has 0 aliphatic heterocycles. The van der Waals surface area contributed by atoms with E-state index in [-0.39, 0.29) is 21.7 Å². The molecule has 0 fully saturated rings. The monoisotopic (exact) mass is 516 g/mol. The Balaban J connectivity index is 2.91. The Morgan fingerprint density at radius 2 is 0.784 bits per heavy atom. The lowest BCUT2D eigenvalue weighted by Crippen LogP contribution is -2.27. The van der Waals surface area contributed by atoms with Crippen LogP contribution < -0.4 is 0 Å². The van der Waals surface area contributed by atoms with E-state index < -0.39 is 0 Å². The smallest absolute Gasteiger partial charge is 0.118 e. The minimum absolute atomic E-state index is 0.0895. The van der Waals surface area contributed by atoms with Gasteiger partial charge < -0.3 is 0 Å².